The van der Waals surface area contributed by atoms with E-state index < -0.39 is 16.8 Å². The molecule has 0 aliphatic carbocycles. The molecule has 1 aliphatic rings. The lowest BCUT2D eigenvalue weighted by Crippen LogP contribution is -2.33. The molecule has 1 aromatic carbocycles. The third-order valence-electron chi connectivity index (χ3n) is 2.88. The third-order valence-corrected chi connectivity index (χ3v) is 3.80. The SMILES string of the molecule is C[S+]([O-])c1ccc2c(c1)CN(C(=O)OC(C)(C)C)C2. The Morgan fingerprint density at radius 1 is 1.32 bits per heavy atom. The van der Waals surface area contributed by atoms with E-state index in [0.717, 1.165) is 16.0 Å². The maximum atomic E-state index is 12.0. The molecule has 5 heteroatoms. The largest absolute Gasteiger partial charge is 0.612 e. The molecule has 104 valence electrons. The quantitative estimate of drug-likeness (QED) is 0.744. The molecule has 1 amide bonds. The Kier molecular flexibility index (Phi) is 3.78. The fraction of sp³-hybridized carbons (Fsp3) is 0.500. The van der Waals surface area contributed by atoms with Gasteiger partial charge in [-0.3, -0.25) is 4.90 Å². The molecule has 1 atom stereocenters. The second-order valence-electron chi connectivity index (χ2n) is 5.72. The summed E-state index contributed by atoms with van der Waals surface area (Å²) in [6, 6.07) is 5.71. The summed E-state index contributed by atoms with van der Waals surface area (Å²) in [6.07, 6.45) is 1.35. The molecule has 1 aromatic rings. The van der Waals surface area contributed by atoms with Gasteiger partial charge >= 0.3 is 6.09 Å². The molecule has 0 radical (unpaired) electrons. The zero-order chi connectivity index (χ0) is 14.2. The lowest BCUT2D eigenvalue weighted by molar-refractivity contribution is 0.0242. The van der Waals surface area contributed by atoms with Crippen molar-refractivity contribution < 1.29 is 14.1 Å². The van der Waals surface area contributed by atoms with Crippen LogP contribution in [0.2, 0.25) is 0 Å². The van der Waals surface area contributed by atoms with Crippen LogP contribution in [0, 0.1) is 0 Å². The van der Waals surface area contributed by atoms with E-state index in [1.807, 2.05) is 39.0 Å². The average molecular weight is 281 g/mol. The highest BCUT2D eigenvalue weighted by atomic mass is 32.2. The Morgan fingerprint density at radius 2 is 1.95 bits per heavy atom. The summed E-state index contributed by atoms with van der Waals surface area (Å²) in [4.78, 5) is 14.5. The Balaban J connectivity index is 2.10. The van der Waals surface area contributed by atoms with Gasteiger partial charge in [-0.1, -0.05) is 6.07 Å². The van der Waals surface area contributed by atoms with E-state index in [0.29, 0.717) is 13.1 Å². The van der Waals surface area contributed by atoms with Crippen molar-refractivity contribution in [2.24, 2.45) is 0 Å². The van der Waals surface area contributed by atoms with E-state index in [9.17, 15) is 9.35 Å². The van der Waals surface area contributed by atoms with Gasteiger partial charge in [0.15, 0.2) is 4.90 Å². The van der Waals surface area contributed by atoms with Crippen LogP contribution in [-0.2, 0) is 29.0 Å². The lowest BCUT2D eigenvalue weighted by Gasteiger charge is -2.24. The first-order valence-corrected chi connectivity index (χ1v) is 7.75. The summed E-state index contributed by atoms with van der Waals surface area (Å²) < 4.78 is 16.8. The van der Waals surface area contributed by atoms with Gasteiger partial charge in [0.2, 0.25) is 0 Å². The molecular weight excluding hydrogens is 262 g/mol. The number of carbonyl (C=O) groups is 1. The van der Waals surface area contributed by atoms with Crippen molar-refractivity contribution in [3.8, 4) is 0 Å². The number of ether oxygens (including phenoxy) is 1. The predicted octanol–water partition coefficient (Wildman–Crippen LogP) is 2.67. The minimum absolute atomic E-state index is 0.303. The first kappa shape index (κ1) is 14.2. The smallest absolute Gasteiger partial charge is 0.410 e. The van der Waals surface area contributed by atoms with E-state index in [-0.39, 0.29) is 6.09 Å². The van der Waals surface area contributed by atoms with Crippen LogP contribution in [0.1, 0.15) is 31.9 Å². The van der Waals surface area contributed by atoms with Crippen molar-refractivity contribution in [1.82, 2.24) is 4.90 Å². The number of rotatable bonds is 1. The molecular formula is C14H19NO3S. The lowest BCUT2D eigenvalue weighted by atomic mass is 10.1. The molecule has 0 spiro atoms. The molecule has 0 bridgehead atoms. The zero-order valence-corrected chi connectivity index (χ0v) is 12.5. The monoisotopic (exact) mass is 281 g/mol. The van der Waals surface area contributed by atoms with E-state index in [4.69, 9.17) is 4.74 Å². The molecule has 0 N–H and O–H groups in total. The van der Waals surface area contributed by atoms with E-state index in [1.165, 1.54) is 0 Å². The normalized spacial score (nSPS) is 16.2. The van der Waals surface area contributed by atoms with Gasteiger partial charge < -0.3 is 9.29 Å². The average Bonchev–Trinajstić information content (AvgIpc) is 2.68. The van der Waals surface area contributed by atoms with Gasteiger partial charge in [0.25, 0.3) is 0 Å². The van der Waals surface area contributed by atoms with E-state index >= 15 is 0 Å². The van der Waals surface area contributed by atoms with Crippen molar-refractivity contribution in [3.05, 3.63) is 29.3 Å². The highest BCUT2D eigenvalue weighted by Gasteiger charge is 2.28. The minimum atomic E-state index is -0.994. The maximum absolute atomic E-state index is 12.0. The van der Waals surface area contributed by atoms with Gasteiger partial charge in [0, 0.05) is 13.1 Å². The summed E-state index contributed by atoms with van der Waals surface area (Å²) in [7, 11) is 0. The molecule has 4 nitrogen and oxygen atoms in total. The van der Waals surface area contributed by atoms with Crippen molar-refractivity contribution in [2.45, 2.75) is 44.4 Å². The van der Waals surface area contributed by atoms with Crippen LogP contribution < -0.4 is 0 Å². The molecule has 0 saturated heterocycles. The van der Waals surface area contributed by atoms with Gasteiger partial charge in [-0.25, -0.2) is 4.79 Å². The first-order chi connectivity index (χ1) is 8.76. The van der Waals surface area contributed by atoms with Gasteiger partial charge in [0.1, 0.15) is 11.9 Å². The molecule has 19 heavy (non-hydrogen) atoms. The van der Waals surface area contributed by atoms with Crippen LogP contribution in [0.25, 0.3) is 0 Å². The molecule has 0 aromatic heterocycles. The standard InChI is InChI=1S/C14H19NO3S/c1-14(2,3)18-13(16)15-8-10-5-6-12(19(4)17)7-11(10)9-15/h5-7H,8-9H2,1-4H3. The Hall–Kier alpha value is -1.20. The Bertz CT molecular complexity index is 494. The molecule has 1 aliphatic heterocycles. The van der Waals surface area contributed by atoms with Crippen molar-refractivity contribution >= 4 is 17.3 Å². The Morgan fingerprint density at radius 3 is 2.53 bits per heavy atom. The van der Waals surface area contributed by atoms with Crippen LogP contribution in [0.4, 0.5) is 4.79 Å². The molecule has 0 saturated carbocycles. The number of nitrogens with zero attached hydrogens (tertiary/aromatic N) is 1. The van der Waals surface area contributed by atoms with Crippen LogP contribution in [0.15, 0.2) is 23.1 Å². The number of amides is 1. The third kappa shape index (κ3) is 3.42. The molecule has 0 fully saturated rings. The van der Waals surface area contributed by atoms with Crippen LogP contribution in [0.5, 0.6) is 0 Å². The van der Waals surface area contributed by atoms with Crippen LogP contribution in [-0.4, -0.2) is 27.4 Å². The van der Waals surface area contributed by atoms with E-state index in [1.54, 1.807) is 11.2 Å². The molecule has 1 unspecified atom stereocenters. The first-order valence-electron chi connectivity index (χ1n) is 6.19. The number of benzene rings is 1. The second kappa shape index (κ2) is 5.06. The van der Waals surface area contributed by atoms with E-state index in [2.05, 4.69) is 0 Å². The van der Waals surface area contributed by atoms with Crippen molar-refractivity contribution in [2.75, 3.05) is 6.26 Å². The molecule has 1 heterocycles. The van der Waals surface area contributed by atoms with Crippen LogP contribution >= 0.6 is 0 Å². The highest BCUT2D eigenvalue weighted by molar-refractivity contribution is 7.90. The fourth-order valence-electron chi connectivity index (χ4n) is 2.01. The summed E-state index contributed by atoms with van der Waals surface area (Å²) in [5, 5.41) is 0. The Labute approximate surface area is 116 Å². The van der Waals surface area contributed by atoms with Crippen molar-refractivity contribution in [1.29, 1.82) is 0 Å². The van der Waals surface area contributed by atoms with Gasteiger partial charge in [0.05, 0.1) is 0 Å². The fourth-order valence-corrected chi connectivity index (χ4v) is 2.57. The van der Waals surface area contributed by atoms with Gasteiger partial charge in [-0.05, 0) is 55.2 Å². The highest BCUT2D eigenvalue weighted by Crippen LogP contribution is 2.26. The van der Waals surface area contributed by atoms with Crippen LogP contribution in [0.3, 0.4) is 0 Å². The summed E-state index contributed by atoms with van der Waals surface area (Å²) in [6.45, 7) is 6.64. The number of fused-ring (bicyclic) bond motifs is 1. The number of hydrogen-bond donors (Lipinski definition) is 0. The number of hydrogen-bond acceptors (Lipinski definition) is 3. The van der Waals surface area contributed by atoms with Crippen molar-refractivity contribution in [3.63, 3.8) is 0 Å². The topological polar surface area (TPSA) is 52.6 Å². The molecule has 2 rings (SSSR count). The second-order valence-corrected chi connectivity index (χ2v) is 7.10. The zero-order valence-electron chi connectivity index (χ0n) is 11.7. The van der Waals surface area contributed by atoms with Gasteiger partial charge in [-0.2, -0.15) is 0 Å². The summed E-state index contributed by atoms with van der Waals surface area (Å²) in [5.74, 6) is 0. The minimum Gasteiger partial charge on any atom is -0.612 e. The summed E-state index contributed by atoms with van der Waals surface area (Å²) >= 11 is -0.994. The van der Waals surface area contributed by atoms with Gasteiger partial charge in [-0.15, -0.1) is 0 Å². The summed E-state index contributed by atoms with van der Waals surface area (Å²) in [5.41, 5.74) is 1.67. The number of carbonyl (C=O) groups excluding carboxylic acids is 1. The predicted molar refractivity (Wildman–Crippen MR) is 74.3 cm³/mol. The maximum Gasteiger partial charge on any atom is 0.410 e.